The Morgan fingerprint density at radius 1 is 0.750 bits per heavy atom. The van der Waals surface area contributed by atoms with Crippen molar-refractivity contribution < 1.29 is 4.74 Å². The zero-order valence-electron chi connectivity index (χ0n) is 18.5. The van der Waals surface area contributed by atoms with Crippen LogP contribution in [-0.2, 0) is 0 Å². The highest BCUT2D eigenvalue weighted by Gasteiger charge is 1.98. The maximum atomic E-state index is 6.02. The van der Waals surface area contributed by atoms with Gasteiger partial charge >= 0.3 is 0 Å². The third-order valence-corrected chi connectivity index (χ3v) is 5.81. The van der Waals surface area contributed by atoms with Crippen LogP contribution in [0.5, 0.6) is 5.75 Å². The topological polar surface area (TPSA) is 21.3 Å². The molecule has 0 fully saturated rings. The zero-order chi connectivity index (χ0) is 20.3. The number of nitrogens with one attached hydrogen (secondary N) is 1. The lowest BCUT2D eigenvalue weighted by Gasteiger charge is -2.09. The minimum atomic E-state index is 0.708. The molecule has 0 saturated heterocycles. The van der Waals surface area contributed by atoms with Gasteiger partial charge in [-0.15, -0.1) is 0 Å². The molecule has 0 bridgehead atoms. The van der Waals surface area contributed by atoms with Crippen LogP contribution in [0.15, 0.2) is 18.2 Å². The van der Waals surface area contributed by atoms with Gasteiger partial charge in [-0.1, -0.05) is 102 Å². The van der Waals surface area contributed by atoms with Crippen molar-refractivity contribution in [3.63, 3.8) is 0 Å². The summed E-state index contributed by atoms with van der Waals surface area (Å²) in [5.74, 6) is 0.903. The molecule has 1 aromatic carbocycles. The summed E-state index contributed by atoms with van der Waals surface area (Å²) in [7, 11) is 0. The smallest absolute Gasteiger partial charge is 0.119 e. The van der Waals surface area contributed by atoms with E-state index in [1.54, 1.807) is 0 Å². The average molecular weight is 410 g/mol. The molecule has 0 spiro atoms. The highest BCUT2D eigenvalue weighted by molar-refractivity contribution is 6.31. The lowest BCUT2D eigenvalue weighted by Crippen LogP contribution is -2.22. The van der Waals surface area contributed by atoms with E-state index in [0.29, 0.717) is 6.61 Å². The second-order valence-electron chi connectivity index (χ2n) is 8.11. The molecule has 0 aliphatic carbocycles. The van der Waals surface area contributed by atoms with Crippen LogP contribution in [0.1, 0.15) is 102 Å². The number of halogens is 1. The molecule has 0 unspecified atom stereocenters. The van der Waals surface area contributed by atoms with Crippen molar-refractivity contribution >= 4 is 11.6 Å². The van der Waals surface area contributed by atoms with Crippen molar-refractivity contribution in [2.45, 2.75) is 104 Å². The fourth-order valence-electron chi connectivity index (χ4n) is 3.52. The van der Waals surface area contributed by atoms with Crippen molar-refractivity contribution in [1.82, 2.24) is 5.32 Å². The van der Waals surface area contributed by atoms with Gasteiger partial charge in [-0.05, 0) is 43.7 Å². The van der Waals surface area contributed by atoms with Crippen LogP contribution in [0.4, 0.5) is 0 Å². The molecule has 1 aromatic rings. The van der Waals surface area contributed by atoms with E-state index in [1.165, 1.54) is 89.9 Å². The van der Waals surface area contributed by atoms with E-state index in [4.69, 9.17) is 16.3 Å². The van der Waals surface area contributed by atoms with E-state index in [0.717, 1.165) is 29.4 Å². The normalized spacial score (nSPS) is 11.1. The van der Waals surface area contributed by atoms with E-state index in [-0.39, 0.29) is 0 Å². The quantitative estimate of drug-likeness (QED) is 0.233. The summed E-state index contributed by atoms with van der Waals surface area (Å²) in [5.41, 5.74) is 1.06. The first-order valence-electron chi connectivity index (χ1n) is 11.8. The Hall–Kier alpha value is -0.730. The molecular weight excluding hydrogens is 366 g/mol. The molecule has 0 atom stereocenters. The van der Waals surface area contributed by atoms with E-state index in [2.05, 4.69) is 12.2 Å². The fourth-order valence-corrected chi connectivity index (χ4v) is 3.64. The molecule has 0 heterocycles. The van der Waals surface area contributed by atoms with E-state index in [9.17, 15) is 0 Å². The Labute approximate surface area is 179 Å². The predicted octanol–water partition coefficient (Wildman–Crippen LogP) is 8.10. The van der Waals surface area contributed by atoms with Gasteiger partial charge < -0.3 is 10.1 Å². The van der Waals surface area contributed by atoms with Gasteiger partial charge in [0, 0.05) is 11.6 Å². The van der Waals surface area contributed by atoms with Crippen LogP contribution < -0.4 is 10.1 Å². The number of ether oxygens (including phenoxy) is 1. The van der Waals surface area contributed by atoms with Crippen LogP contribution in [0.3, 0.4) is 0 Å². The Kier molecular flexibility index (Phi) is 16.5. The first-order chi connectivity index (χ1) is 13.7. The van der Waals surface area contributed by atoms with Crippen LogP contribution in [0.25, 0.3) is 0 Å². The third-order valence-electron chi connectivity index (χ3n) is 5.38. The Morgan fingerprint density at radius 2 is 1.29 bits per heavy atom. The Morgan fingerprint density at radius 3 is 1.82 bits per heavy atom. The molecule has 0 aliphatic rings. The van der Waals surface area contributed by atoms with Gasteiger partial charge in [0.05, 0.1) is 0 Å². The lowest BCUT2D eigenvalue weighted by atomic mass is 10.0. The Bertz CT molecular complexity index is 478. The van der Waals surface area contributed by atoms with E-state index in [1.807, 2.05) is 25.1 Å². The van der Waals surface area contributed by atoms with Gasteiger partial charge in [-0.3, -0.25) is 0 Å². The average Bonchev–Trinajstić information content (AvgIpc) is 2.69. The van der Waals surface area contributed by atoms with Crippen molar-refractivity contribution in [2.24, 2.45) is 0 Å². The molecule has 162 valence electrons. The summed E-state index contributed by atoms with van der Waals surface area (Å²) in [6.45, 7) is 7.00. The number of aryl methyl sites for hydroxylation is 1. The van der Waals surface area contributed by atoms with Gasteiger partial charge in [0.15, 0.2) is 0 Å². The molecule has 0 saturated carbocycles. The first-order valence-corrected chi connectivity index (χ1v) is 12.2. The third kappa shape index (κ3) is 14.3. The molecule has 1 N–H and O–H groups in total. The highest BCUT2D eigenvalue weighted by atomic mass is 35.5. The van der Waals surface area contributed by atoms with Crippen LogP contribution in [0.2, 0.25) is 5.02 Å². The largest absolute Gasteiger partial charge is 0.492 e. The summed E-state index contributed by atoms with van der Waals surface area (Å²) in [5, 5.41) is 4.27. The van der Waals surface area contributed by atoms with Crippen LogP contribution in [-0.4, -0.2) is 19.7 Å². The molecule has 0 aromatic heterocycles. The molecule has 0 radical (unpaired) electrons. The Balaban J connectivity index is 1.75. The predicted molar refractivity (Wildman–Crippen MR) is 125 cm³/mol. The minimum Gasteiger partial charge on any atom is -0.492 e. The van der Waals surface area contributed by atoms with Crippen LogP contribution in [0, 0.1) is 6.92 Å². The van der Waals surface area contributed by atoms with Crippen molar-refractivity contribution in [2.75, 3.05) is 19.7 Å². The maximum absolute atomic E-state index is 6.02. The second kappa shape index (κ2) is 18.3. The van der Waals surface area contributed by atoms with Gasteiger partial charge in [0.1, 0.15) is 12.4 Å². The summed E-state index contributed by atoms with van der Waals surface area (Å²) >= 11 is 6.02. The fraction of sp³-hybridized carbons (Fsp3) is 0.760. The van der Waals surface area contributed by atoms with Crippen molar-refractivity contribution in [3.8, 4) is 5.75 Å². The number of rotatable bonds is 19. The number of hydrogen-bond donors (Lipinski definition) is 1. The van der Waals surface area contributed by atoms with Crippen molar-refractivity contribution in [1.29, 1.82) is 0 Å². The summed E-state index contributed by atoms with van der Waals surface area (Å²) in [6.07, 6.45) is 19.8. The molecule has 1 rings (SSSR count). The van der Waals surface area contributed by atoms with Gasteiger partial charge in [-0.25, -0.2) is 0 Å². The van der Waals surface area contributed by atoms with Gasteiger partial charge in [0.2, 0.25) is 0 Å². The van der Waals surface area contributed by atoms with Crippen LogP contribution >= 0.6 is 11.6 Å². The zero-order valence-corrected chi connectivity index (χ0v) is 19.3. The van der Waals surface area contributed by atoms with E-state index < -0.39 is 0 Å². The molecule has 0 amide bonds. The van der Waals surface area contributed by atoms with E-state index >= 15 is 0 Å². The molecule has 3 heteroatoms. The highest BCUT2D eigenvalue weighted by Crippen LogP contribution is 2.20. The standard InChI is InChI=1S/C25H44ClNO/c1-3-4-5-6-7-8-9-10-11-12-13-14-15-16-19-27-20-21-28-24-17-18-25(26)23(2)22-24/h17-18,22,27H,3-16,19-21H2,1-2H3. The number of hydrogen-bond acceptors (Lipinski definition) is 2. The minimum absolute atomic E-state index is 0.708. The second-order valence-corrected chi connectivity index (χ2v) is 8.51. The first kappa shape index (κ1) is 25.3. The molecule has 28 heavy (non-hydrogen) atoms. The SMILES string of the molecule is CCCCCCCCCCCCCCCCNCCOc1ccc(Cl)c(C)c1. The molecule has 0 aliphatic heterocycles. The summed E-state index contributed by atoms with van der Waals surface area (Å²) < 4.78 is 5.74. The summed E-state index contributed by atoms with van der Waals surface area (Å²) in [4.78, 5) is 0. The lowest BCUT2D eigenvalue weighted by molar-refractivity contribution is 0.313. The molecule has 2 nitrogen and oxygen atoms in total. The maximum Gasteiger partial charge on any atom is 0.119 e. The number of benzene rings is 1. The monoisotopic (exact) mass is 409 g/mol. The van der Waals surface area contributed by atoms with Crippen molar-refractivity contribution in [3.05, 3.63) is 28.8 Å². The number of unbranched alkanes of at least 4 members (excludes halogenated alkanes) is 13. The van der Waals surface area contributed by atoms with Gasteiger partial charge in [-0.2, -0.15) is 0 Å². The summed E-state index contributed by atoms with van der Waals surface area (Å²) in [6, 6.07) is 5.83. The molecular formula is C25H44ClNO. The van der Waals surface area contributed by atoms with Gasteiger partial charge in [0.25, 0.3) is 0 Å².